The van der Waals surface area contributed by atoms with Gasteiger partial charge in [0.25, 0.3) is 0 Å². The molecule has 7 heteroatoms. The smallest absolute Gasteiger partial charge is 0.242 e. The number of aromatic amines is 1. The number of pyridine rings is 1. The molecule has 0 aliphatic rings. The van der Waals surface area contributed by atoms with Crippen molar-refractivity contribution in [3.8, 4) is 0 Å². The van der Waals surface area contributed by atoms with Crippen molar-refractivity contribution in [1.82, 2.24) is 14.7 Å². The van der Waals surface area contributed by atoms with E-state index in [1.54, 1.807) is 18.3 Å². The topological polar surface area (TPSA) is 95.1 Å². The van der Waals surface area contributed by atoms with Gasteiger partial charge in [0.1, 0.15) is 10.5 Å². The summed E-state index contributed by atoms with van der Waals surface area (Å²) in [5.74, 6) is 0.0948. The van der Waals surface area contributed by atoms with Gasteiger partial charge in [0.15, 0.2) is 0 Å². The first-order valence-electron chi connectivity index (χ1n) is 7.09. The number of aromatic nitrogens is 2. The molecule has 0 aliphatic heterocycles. The van der Waals surface area contributed by atoms with E-state index in [2.05, 4.69) is 14.7 Å². The molecule has 21 heavy (non-hydrogen) atoms. The molecule has 0 amide bonds. The van der Waals surface area contributed by atoms with Gasteiger partial charge in [-0.15, -0.1) is 0 Å². The average molecular weight is 311 g/mol. The van der Waals surface area contributed by atoms with Crippen LogP contribution in [0.15, 0.2) is 29.4 Å². The summed E-state index contributed by atoms with van der Waals surface area (Å²) in [5, 5.41) is 10.6. The van der Waals surface area contributed by atoms with Crippen LogP contribution < -0.4 is 4.72 Å². The molecule has 0 bridgehead atoms. The van der Waals surface area contributed by atoms with E-state index < -0.39 is 16.1 Å². The Bertz CT molecular complexity index is 692. The number of aliphatic hydroxyl groups is 1. The van der Waals surface area contributed by atoms with E-state index in [0.717, 1.165) is 12.8 Å². The molecule has 2 heterocycles. The average Bonchev–Trinajstić information content (AvgIpc) is 2.91. The van der Waals surface area contributed by atoms with Crippen molar-refractivity contribution in [2.45, 2.75) is 37.7 Å². The second kappa shape index (κ2) is 6.55. The van der Waals surface area contributed by atoms with E-state index in [0.29, 0.717) is 11.0 Å². The van der Waals surface area contributed by atoms with E-state index in [-0.39, 0.29) is 17.4 Å². The number of nitrogens with one attached hydrogen (secondary N) is 2. The Morgan fingerprint density at radius 2 is 2.10 bits per heavy atom. The lowest BCUT2D eigenvalue weighted by Gasteiger charge is -2.20. The van der Waals surface area contributed by atoms with Gasteiger partial charge in [0.2, 0.25) is 10.0 Å². The standard InChI is InChI=1S/C14H21N3O3S/c1-3-10(4-2)12(18)8-17-21(19,20)13-9-16-14-11(13)6-5-7-15-14/h5-7,9-10,12,17-18H,3-4,8H2,1-2H3,(H,15,16)/t12-/m1/s1. The van der Waals surface area contributed by atoms with Gasteiger partial charge in [-0.2, -0.15) is 0 Å². The lowest BCUT2D eigenvalue weighted by Crippen LogP contribution is -2.36. The van der Waals surface area contributed by atoms with Crippen molar-refractivity contribution in [1.29, 1.82) is 0 Å². The summed E-state index contributed by atoms with van der Waals surface area (Å²) in [6, 6.07) is 3.39. The molecule has 0 spiro atoms. The summed E-state index contributed by atoms with van der Waals surface area (Å²) in [5.41, 5.74) is 0.526. The number of fused-ring (bicyclic) bond motifs is 1. The van der Waals surface area contributed by atoms with Crippen LogP contribution in [0.25, 0.3) is 11.0 Å². The minimum Gasteiger partial charge on any atom is -0.391 e. The van der Waals surface area contributed by atoms with Crippen molar-refractivity contribution in [2.24, 2.45) is 5.92 Å². The van der Waals surface area contributed by atoms with Crippen molar-refractivity contribution < 1.29 is 13.5 Å². The Kier molecular flexibility index (Phi) is 4.97. The third-order valence-electron chi connectivity index (χ3n) is 3.78. The van der Waals surface area contributed by atoms with Crippen molar-refractivity contribution >= 4 is 21.1 Å². The number of H-pyrrole nitrogens is 1. The van der Waals surface area contributed by atoms with E-state index in [1.807, 2.05) is 13.8 Å². The molecular weight excluding hydrogens is 290 g/mol. The molecule has 0 fully saturated rings. The summed E-state index contributed by atoms with van der Waals surface area (Å²) >= 11 is 0. The van der Waals surface area contributed by atoms with Gasteiger partial charge in [0.05, 0.1) is 6.10 Å². The minimum absolute atomic E-state index is 0.0155. The quantitative estimate of drug-likeness (QED) is 0.724. The van der Waals surface area contributed by atoms with Gasteiger partial charge in [-0.05, 0) is 18.1 Å². The van der Waals surface area contributed by atoms with Crippen molar-refractivity contribution in [3.05, 3.63) is 24.5 Å². The summed E-state index contributed by atoms with van der Waals surface area (Å²) in [6.45, 7) is 3.98. The van der Waals surface area contributed by atoms with Crippen LogP contribution in [0.5, 0.6) is 0 Å². The number of rotatable bonds is 7. The van der Waals surface area contributed by atoms with Gasteiger partial charge in [0, 0.05) is 24.3 Å². The third kappa shape index (κ3) is 3.42. The fraction of sp³-hybridized carbons (Fsp3) is 0.500. The molecule has 116 valence electrons. The monoisotopic (exact) mass is 311 g/mol. The van der Waals surface area contributed by atoms with Gasteiger partial charge >= 0.3 is 0 Å². The molecule has 2 aromatic heterocycles. The number of sulfonamides is 1. The van der Waals surface area contributed by atoms with E-state index in [4.69, 9.17) is 0 Å². The lowest BCUT2D eigenvalue weighted by molar-refractivity contribution is 0.107. The van der Waals surface area contributed by atoms with Crippen LogP contribution in [0.1, 0.15) is 26.7 Å². The molecule has 0 saturated carbocycles. The number of hydrogen-bond donors (Lipinski definition) is 3. The highest BCUT2D eigenvalue weighted by atomic mass is 32.2. The highest BCUT2D eigenvalue weighted by Gasteiger charge is 2.22. The number of aliphatic hydroxyl groups excluding tert-OH is 1. The van der Waals surface area contributed by atoms with Crippen LogP contribution in [0.4, 0.5) is 0 Å². The molecule has 0 unspecified atom stereocenters. The molecule has 0 aliphatic carbocycles. The number of nitrogens with zero attached hydrogens (tertiary/aromatic N) is 1. The molecule has 2 aromatic rings. The largest absolute Gasteiger partial charge is 0.391 e. The molecule has 0 radical (unpaired) electrons. The maximum atomic E-state index is 12.3. The Labute approximate surface area is 124 Å². The Morgan fingerprint density at radius 3 is 2.76 bits per heavy atom. The van der Waals surface area contributed by atoms with Crippen molar-refractivity contribution in [2.75, 3.05) is 6.54 Å². The lowest BCUT2D eigenvalue weighted by atomic mass is 9.97. The fourth-order valence-electron chi connectivity index (χ4n) is 2.43. The van der Waals surface area contributed by atoms with Crippen LogP contribution >= 0.6 is 0 Å². The van der Waals surface area contributed by atoms with Crippen molar-refractivity contribution in [3.63, 3.8) is 0 Å². The minimum atomic E-state index is -3.67. The van der Waals surface area contributed by atoms with Crippen LogP contribution in [0.2, 0.25) is 0 Å². The predicted molar refractivity (Wildman–Crippen MR) is 81.4 cm³/mol. The zero-order chi connectivity index (χ0) is 15.5. The maximum absolute atomic E-state index is 12.3. The SMILES string of the molecule is CCC(CC)[C@H](O)CNS(=O)(=O)c1c[nH]c2ncccc12. The first kappa shape index (κ1) is 15.9. The molecule has 2 rings (SSSR count). The molecule has 3 N–H and O–H groups in total. The molecule has 6 nitrogen and oxygen atoms in total. The molecular formula is C14H21N3O3S. The highest BCUT2D eigenvalue weighted by molar-refractivity contribution is 7.89. The maximum Gasteiger partial charge on any atom is 0.242 e. The van der Waals surface area contributed by atoms with Crippen LogP contribution in [0.3, 0.4) is 0 Å². The van der Waals surface area contributed by atoms with Gasteiger partial charge in [-0.3, -0.25) is 0 Å². The van der Waals surface area contributed by atoms with E-state index in [9.17, 15) is 13.5 Å². The summed E-state index contributed by atoms with van der Waals surface area (Å²) in [7, 11) is -3.67. The number of hydrogen-bond acceptors (Lipinski definition) is 4. The highest BCUT2D eigenvalue weighted by Crippen LogP contribution is 2.21. The van der Waals surface area contributed by atoms with Crippen LogP contribution in [-0.4, -0.2) is 36.1 Å². The Hall–Kier alpha value is -1.44. The zero-order valence-electron chi connectivity index (χ0n) is 12.2. The second-order valence-electron chi connectivity index (χ2n) is 5.05. The molecule has 0 saturated heterocycles. The van der Waals surface area contributed by atoms with E-state index in [1.165, 1.54) is 6.20 Å². The molecule has 1 atom stereocenters. The van der Waals surface area contributed by atoms with Gasteiger partial charge < -0.3 is 10.1 Å². The summed E-state index contributed by atoms with van der Waals surface area (Å²) in [6.07, 6.45) is 3.97. The molecule has 0 aromatic carbocycles. The normalized spacial score (nSPS) is 13.9. The van der Waals surface area contributed by atoms with Crippen LogP contribution in [0, 0.1) is 5.92 Å². The van der Waals surface area contributed by atoms with Gasteiger partial charge in [-0.1, -0.05) is 26.7 Å². The van der Waals surface area contributed by atoms with E-state index >= 15 is 0 Å². The first-order valence-corrected chi connectivity index (χ1v) is 8.57. The second-order valence-corrected chi connectivity index (χ2v) is 6.78. The summed E-state index contributed by atoms with van der Waals surface area (Å²) in [4.78, 5) is 7.06. The third-order valence-corrected chi connectivity index (χ3v) is 5.24. The van der Waals surface area contributed by atoms with Gasteiger partial charge in [-0.25, -0.2) is 18.1 Å². The predicted octanol–water partition coefficient (Wildman–Crippen LogP) is 1.64. The zero-order valence-corrected chi connectivity index (χ0v) is 13.0. The van der Waals surface area contributed by atoms with Crippen LogP contribution in [-0.2, 0) is 10.0 Å². The fourth-order valence-corrected chi connectivity index (χ4v) is 3.64. The first-order chi connectivity index (χ1) is 9.99. The summed E-state index contributed by atoms with van der Waals surface area (Å²) < 4.78 is 27.2. The Morgan fingerprint density at radius 1 is 1.38 bits per heavy atom. The Balaban J connectivity index is 2.16.